The largest absolute Gasteiger partial charge is 0.493 e. The quantitative estimate of drug-likeness (QED) is 0.310. The molecule has 3 rings (SSSR count). The summed E-state index contributed by atoms with van der Waals surface area (Å²) in [6, 6.07) is 11.9. The molecule has 0 saturated carbocycles. The van der Waals surface area contributed by atoms with Crippen LogP contribution in [0.1, 0.15) is 43.2 Å². The minimum atomic E-state index is -0.519. The summed E-state index contributed by atoms with van der Waals surface area (Å²) in [5.74, 6) is 1.18. The maximum absolute atomic E-state index is 12.8. The summed E-state index contributed by atoms with van der Waals surface area (Å²) in [4.78, 5) is 29.9. The number of hydrogen-bond acceptors (Lipinski definition) is 9. The van der Waals surface area contributed by atoms with Gasteiger partial charge in [0.25, 0.3) is 11.8 Å². The minimum Gasteiger partial charge on any atom is -0.493 e. The van der Waals surface area contributed by atoms with Gasteiger partial charge in [0.2, 0.25) is 0 Å². The second kappa shape index (κ2) is 12.9. The maximum atomic E-state index is 12.8. The van der Waals surface area contributed by atoms with Crippen molar-refractivity contribution in [3.05, 3.63) is 76.1 Å². The first-order valence-corrected chi connectivity index (χ1v) is 11.4. The van der Waals surface area contributed by atoms with E-state index in [9.17, 15) is 9.59 Å². The summed E-state index contributed by atoms with van der Waals surface area (Å²) in [5, 5.41) is 8.01. The van der Waals surface area contributed by atoms with E-state index in [1.165, 1.54) is 32.7 Å². The van der Waals surface area contributed by atoms with Gasteiger partial charge in [-0.2, -0.15) is 10.2 Å². The van der Waals surface area contributed by atoms with Gasteiger partial charge in [0.1, 0.15) is 0 Å². The molecular formula is C27H29N5O6. The number of amides is 2. The number of nitrogens with zero attached hydrogens (tertiary/aromatic N) is 3. The highest BCUT2D eigenvalue weighted by Crippen LogP contribution is 2.27. The van der Waals surface area contributed by atoms with E-state index < -0.39 is 11.8 Å². The van der Waals surface area contributed by atoms with Gasteiger partial charge >= 0.3 is 0 Å². The lowest BCUT2D eigenvalue weighted by atomic mass is 10.1. The van der Waals surface area contributed by atoms with Crippen LogP contribution in [0.15, 0.2) is 52.7 Å². The minimum absolute atomic E-state index is 0.203. The van der Waals surface area contributed by atoms with Crippen molar-refractivity contribution in [2.24, 2.45) is 10.2 Å². The molecule has 198 valence electrons. The normalized spacial score (nSPS) is 10.9. The summed E-state index contributed by atoms with van der Waals surface area (Å²) in [5.41, 5.74) is 7.60. The molecule has 2 aromatic carbocycles. The number of ether oxygens (including phenoxy) is 4. The van der Waals surface area contributed by atoms with E-state index in [2.05, 4.69) is 26.0 Å². The second-order valence-electron chi connectivity index (χ2n) is 7.88. The monoisotopic (exact) mass is 519 g/mol. The smallest absolute Gasteiger partial charge is 0.273 e. The molecule has 2 amide bonds. The predicted octanol–water partition coefficient (Wildman–Crippen LogP) is 3.26. The Labute approximate surface area is 220 Å². The fourth-order valence-corrected chi connectivity index (χ4v) is 3.50. The van der Waals surface area contributed by atoms with Crippen LogP contribution >= 0.6 is 0 Å². The van der Waals surface area contributed by atoms with Crippen molar-refractivity contribution >= 4 is 24.2 Å². The first-order valence-electron chi connectivity index (χ1n) is 11.4. The molecule has 0 aliphatic heterocycles. The third-order valence-corrected chi connectivity index (χ3v) is 5.47. The molecule has 2 N–H and O–H groups in total. The van der Waals surface area contributed by atoms with E-state index in [4.69, 9.17) is 18.9 Å². The highest BCUT2D eigenvalue weighted by Gasteiger charge is 2.17. The molecule has 0 aliphatic rings. The number of aromatic nitrogens is 1. The zero-order chi connectivity index (χ0) is 27.7. The van der Waals surface area contributed by atoms with Crippen molar-refractivity contribution in [3.63, 3.8) is 0 Å². The van der Waals surface area contributed by atoms with Crippen molar-refractivity contribution in [1.82, 2.24) is 15.8 Å². The zero-order valence-electron chi connectivity index (χ0n) is 22.0. The molecule has 0 unspecified atom stereocenters. The maximum Gasteiger partial charge on any atom is 0.273 e. The Morgan fingerprint density at radius 2 is 1.05 bits per heavy atom. The van der Waals surface area contributed by atoms with Crippen molar-refractivity contribution < 1.29 is 28.5 Å². The van der Waals surface area contributed by atoms with Gasteiger partial charge in [-0.15, -0.1) is 0 Å². The number of benzene rings is 2. The lowest BCUT2D eigenvalue weighted by Gasteiger charge is -2.10. The molecular weight excluding hydrogens is 490 g/mol. The number of hydrazone groups is 2. The summed E-state index contributed by atoms with van der Waals surface area (Å²) in [7, 11) is 6.15. The number of hydrogen-bond donors (Lipinski definition) is 2. The van der Waals surface area contributed by atoms with E-state index in [1.54, 1.807) is 64.5 Å². The van der Waals surface area contributed by atoms with Gasteiger partial charge in [-0.05, 0) is 67.4 Å². The molecule has 38 heavy (non-hydrogen) atoms. The molecule has 11 nitrogen and oxygen atoms in total. The van der Waals surface area contributed by atoms with Crippen LogP contribution in [0.4, 0.5) is 0 Å². The zero-order valence-corrected chi connectivity index (χ0v) is 22.0. The van der Waals surface area contributed by atoms with Crippen LogP contribution in [0, 0.1) is 13.8 Å². The third-order valence-electron chi connectivity index (χ3n) is 5.47. The fraction of sp³-hybridized carbons (Fsp3) is 0.222. The van der Waals surface area contributed by atoms with E-state index in [1.807, 2.05) is 0 Å². The number of carbonyl (C=O) groups excluding carboxylic acids is 2. The van der Waals surface area contributed by atoms with Crippen LogP contribution in [0.2, 0.25) is 0 Å². The lowest BCUT2D eigenvalue weighted by Crippen LogP contribution is -2.23. The van der Waals surface area contributed by atoms with Crippen LogP contribution in [-0.4, -0.2) is 57.7 Å². The van der Waals surface area contributed by atoms with Crippen LogP contribution < -0.4 is 29.8 Å². The number of carbonyl (C=O) groups is 2. The van der Waals surface area contributed by atoms with Gasteiger partial charge in [-0.1, -0.05) is 0 Å². The number of aryl methyl sites for hydroxylation is 2. The SMILES string of the molecule is COc1ccc(/C=N\NC(=O)c2cc(C(=O)N/N=C\c3ccc(OC)c(OC)c3)c(C)nc2C)cc1OC. The van der Waals surface area contributed by atoms with E-state index >= 15 is 0 Å². The van der Waals surface area contributed by atoms with Gasteiger partial charge in [0.05, 0.1) is 63.4 Å². The number of pyridine rings is 1. The Hall–Kier alpha value is -4.93. The van der Waals surface area contributed by atoms with Crippen molar-refractivity contribution in [1.29, 1.82) is 0 Å². The van der Waals surface area contributed by atoms with E-state index in [0.717, 1.165) is 0 Å². The third kappa shape index (κ3) is 6.64. The molecule has 0 bridgehead atoms. The van der Waals surface area contributed by atoms with Gasteiger partial charge in [-0.3, -0.25) is 14.6 Å². The van der Waals surface area contributed by atoms with Crippen molar-refractivity contribution in [2.75, 3.05) is 28.4 Å². The molecule has 3 aromatic rings. The molecule has 0 spiro atoms. The van der Waals surface area contributed by atoms with Crippen molar-refractivity contribution in [3.8, 4) is 23.0 Å². The average molecular weight is 520 g/mol. The average Bonchev–Trinajstić information content (AvgIpc) is 2.92. The molecule has 0 radical (unpaired) electrons. The Bertz CT molecular complexity index is 1290. The second-order valence-corrected chi connectivity index (χ2v) is 7.88. The topological polar surface area (TPSA) is 133 Å². The standard InChI is InChI=1S/C27H29N5O6/c1-16-20(26(33)31-28-14-18-7-9-22(35-3)24(11-18)37-5)13-21(17(2)30-16)27(34)32-29-15-19-8-10-23(36-4)25(12-19)38-6/h7-15H,1-6H3,(H,31,33)(H,32,34)/b28-14-,29-15-. The summed E-state index contributed by atoms with van der Waals surface area (Å²) in [6.07, 6.45) is 2.93. The van der Waals surface area contributed by atoms with Crippen LogP contribution in [0.5, 0.6) is 23.0 Å². The molecule has 0 atom stereocenters. The van der Waals surface area contributed by atoms with Gasteiger partial charge < -0.3 is 18.9 Å². The molecule has 0 fully saturated rings. The van der Waals surface area contributed by atoms with Crippen molar-refractivity contribution in [2.45, 2.75) is 13.8 Å². The van der Waals surface area contributed by atoms with E-state index in [0.29, 0.717) is 45.5 Å². The number of nitrogens with one attached hydrogen (secondary N) is 2. The Morgan fingerprint density at radius 1 is 0.658 bits per heavy atom. The Morgan fingerprint density at radius 3 is 1.42 bits per heavy atom. The Kier molecular flexibility index (Phi) is 9.36. The van der Waals surface area contributed by atoms with Crippen LogP contribution in [-0.2, 0) is 0 Å². The highest BCUT2D eigenvalue weighted by molar-refractivity contribution is 6.01. The number of rotatable bonds is 10. The first kappa shape index (κ1) is 27.7. The highest BCUT2D eigenvalue weighted by atomic mass is 16.5. The predicted molar refractivity (Wildman–Crippen MR) is 143 cm³/mol. The number of methoxy groups -OCH3 is 4. The summed E-state index contributed by atoms with van der Waals surface area (Å²) < 4.78 is 21.0. The fourth-order valence-electron chi connectivity index (χ4n) is 3.50. The van der Waals surface area contributed by atoms with Crippen LogP contribution in [0.3, 0.4) is 0 Å². The van der Waals surface area contributed by atoms with E-state index in [-0.39, 0.29) is 11.1 Å². The summed E-state index contributed by atoms with van der Waals surface area (Å²) >= 11 is 0. The first-order chi connectivity index (χ1) is 18.3. The van der Waals surface area contributed by atoms with Crippen LogP contribution in [0.25, 0.3) is 0 Å². The van der Waals surface area contributed by atoms with Gasteiger partial charge in [0, 0.05) is 0 Å². The summed E-state index contributed by atoms with van der Waals surface area (Å²) in [6.45, 7) is 3.35. The molecule has 0 saturated heterocycles. The lowest BCUT2D eigenvalue weighted by molar-refractivity contribution is 0.0954. The Balaban J connectivity index is 1.71. The van der Waals surface area contributed by atoms with Gasteiger partial charge in [0.15, 0.2) is 23.0 Å². The van der Waals surface area contributed by atoms with Gasteiger partial charge in [-0.25, -0.2) is 10.9 Å². The molecule has 1 aromatic heterocycles. The molecule has 11 heteroatoms. The molecule has 1 heterocycles. The molecule has 0 aliphatic carbocycles.